The van der Waals surface area contributed by atoms with E-state index in [2.05, 4.69) is 33.0 Å². The molecule has 3 nitrogen and oxygen atoms in total. The molecule has 1 aliphatic rings. The summed E-state index contributed by atoms with van der Waals surface area (Å²) >= 11 is 0. The van der Waals surface area contributed by atoms with Crippen molar-refractivity contribution in [3.8, 4) is 0 Å². The molecule has 102 valence electrons. The van der Waals surface area contributed by atoms with Crippen molar-refractivity contribution < 1.29 is 9.84 Å². The lowest BCUT2D eigenvalue weighted by atomic mass is 9.92. The molecule has 0 saturated heterocycles. The van der Waals surface area contributed by atoms with Gasteiger partial charge in [0.05, 0.1) is 12.7 Å². The van der Waals surface area contributed by atoms with Crippen LogP contribution in [0.1, 0.15) is 47.0 Å². The zero-order valence-corrected chi connectivity index (χ0v) is 11.8. The van der Waals surface area contributed by atoms with Gasteiger partial charge in [0, 0.05) is 19.2 Å². The molecule has 1 fully saturated rings. The Morgan fingerprint density at radius 2 is 2.06 bits per heavy atom. The lowest BCUT2D eigenvalue weighted by molar-refractivity contribution is 0.0249. The third-order valence-corrected chi connectivity index (χ3v) is 3.37. The normalized spacial score (nSPS) is 25.4. The van der Waals surface area contributed by atoms with Crippen LogP contribution in [-0.4, -0.2) is 37.0 Å². The molecule has 0 aromatic rings. The minimum atomic E-state index is -0.377. The first-order chi connectivity index (χ1) is 7.89. The van der Waals surface area contributed by atoms with E-state index in [-0.39, 0.29) is 6.10 Å². The van der Waals surface area contributed by atoms with Crippen LogP contribution in [0.2, 0.25) is 0 Å². The van der Waals surface area contributed by atoms with Gasteiger partial charge in [0.25, 0.3) is 0 Å². The minimum absolute atomic E-state index is 0.377. The van der Waals surface area contributed by atoms with Crippen LogP contribution in [0.25, 0.3) is 0 Å². The van der Waals surface area contributed by atoms with E-state index in [4.69, 9.17) is 4.74 Å². The second kappa shape index (κ2) is 6.72. The first-order valence-electron chi connectivity index (χ1n) is 6.88. The van der Waals surface area contributed by atoms with Crippen LogP contribution in [0.15, 0.2) is 0 Å². The third-order valence-electron chi connectivity index (χ3n) is 3.37. The van der Waals surface area contributed by atoms with E-state index in [9.17, 15) is 5.11 Å². The zero-order valence-electron chi connectivity index (χ0n) is 11.8. The van der Waals surface area contributed by atoms with Crippen molar-refractivity contribution in [3.63, 3.8) is 0 Å². The second-order valence-corrected chi connectivity index (χ2v) is 6.60. The maximum Gasteiger partial charge on any atom is 0.0897 e. The predicted molar refractivity (Wildman–Crippen MR) is 71.1 cm³/mol. The van der Waals surface area contributed by atoms with Crippen molar-refractivity contribution in [2.45, 2.75) is 59.1 Å². The molecule has 0 radical (unpaired) electrons. The van der Waals surface area contributed by atoms with E-state index in [0.29, 0.717) is 30.5 Å². The fourth-order valence-electron chi connectivity index (χ4n) is 2.41. The fourth-order valence-corrected chi connectivity index (χ4v) is 2.41. The molecular formula is C14H29NO2. The average Bonchev–Trinajstić information content (AvgIpc) is 2.55. The number of aliphatic hydroxyl groups is 1. The molecule has 2 N–H and O–H groups in total. The Labute approximate surface area is 106 Å². The number of ether oxygens (including phenoxy) is 1. The first kappa shape index (κ1) is 14.9. The van der Waals surface area contributed by atoms with Gasteiger partial charge in [-0.25, -0.2) is 0 Å². The van der Waals surface area contributed by atoms with Gasteiger partial charge in [-0.05, 0) is 30.6 Å². The summed E-state index contributed by atoms with van der Waals surface area (Å²) in [6.07, 6.45) is 3.35. The van der Waals surface area contributed by atoms with Gasteiger partial charge in [0.2, 0.25) is 0 Å². The quantitative estimate of drug-likeness (QED) is 0.720. The van der Waals surface area contributed by atoms with Crippen LogP contribution in [0.4, 0.5) is 0 Å². The number of rotatable bonds is 7. The van der Waals surface area contributed by atoms with Gasteiger partial charge in [-0.15, -0.1) is 0 Å². The van der Waals surface area contributed by atoms with E-state index in [0.717, 1.165) is 6.61 Å². The van der Waals surface area contributed by atoms with E-state index in [1.54, 1.807) is 0 Å². The van der Waals surface area contributed by atoms with Crippen LogP contribution in [0, 0.1) is 11.3 Å². The summed E-state index contributed by atoms with van der Waals surface area (Å²) in [7, 11) is 0. The van der Waals surface area contributed by atoms with Crippen LogP contribution in [0.3, 0.4) is 0 Å². The van der Waals surface area contributed by atoms with E-state index >= 15 is 0 Å². The highest BCUT2D eigenvalue weighted by Crippen LogP contribution is 2.36. The Hall–Kier alpha value is -0.120. The number of hydrogen-bond acceptors (Lipinski definition) is 3. The first-order valence-corrected chi connectivity index (χ1v) is 6.88. The summed E-state index contributed by atoms with van der Waals surface area (Å²) in [5.41, 5.74) is 0.469. The Bertz CT molecular complexity index is 216. The molecule has 0 aromatic heterocycles. The van der Waals surface area contributed by atoms with Crippen molar-refractivity contribution in [1.29, 1.82) is 0 Å². The molecule has 2 atom stereocenters. The number of nitrogens with one attached hydrogen (secondary N) is 1. The summed E-state index contributed by atoms with van der Waals surface area (Å²) in [5.74, 6) is 0.533. The van der Waals surface area contributed by atoms with Crippen molar-refractivity contribution in [2.24, 2.45) is 11.3 Å². The SMILES string of the molecule is CC(C)COCC(O)CNC1CCC(C)(C)C1. The largest absolute Gasteiger partial charge is 0.389 e. The topological polar surface area (TPSA) is 41.5 Å². The summed E-state index contributed by atoms with van der Waals surface area (Å²) < 4.78 is 5.42. The van der Waals surface area contributed by atoms with Crippen LogP contribution in [-0.2, 0) is 4.74 Å². The molecule has 0 aromatic carbocycles. The maximum atomic E-state index is 9.77. The standard InChI is InChI=1S/C14H29NO2/c1-11(2)9-17-10-13(16)8-15-12-5-6-14(3,4)7-12/h11-13,15-16H,5-10H2,1-4H3. The maximum absolute atomic E-state index is 9.77. The molecule has 2 unspecified atom stereocenters. The van der Waals surface area contributed by atoms with Gasteiger partial charge < -0.3 is 15.2 Å². The number of aliphatic hydroxyl groups excluding tert-OH is 1. The molecule has 0 aliphatic heterocycles. The average molecular weight is 243 g/mol. The Balaban J connectivity index is 2.06. The van der Waals surface area contributed by atoms with Crippen molar-refractivity contribution in [1.82, 2.24) is 5.32 Å². The van der Waals surface area contributed by atoms with Crippen LogP contribution < -0.4 is 5.32 Å². The molecule has 1 aliphatic carbocycles. The summed E-state index contributed by atoms with van der Waals surface area (Å²) in [6.45, 7) is 10.7. The highest BCUT2D eigenvalue weighted by Gasteiger charge is 2.30. The fraction of sp³-hybridized carbons (Fsp3) is 1.00. The predicted octanol–water partition coefficient (Wildman–Crippen LogP) is 2.19. The van der Waals surface area contributed by atoms with Gasteiger partial charge in [0.15, 0.2) is 0 Å². The lowest BCUT2D eigenvalue weighted by Gasteiger charge is -2.19. The summed E-state index contributed by atoms with van der Waals surface area (Å²) in [6, 6.07) is 0.574. The Morgan fingerprint density at radius 1 is 1.35 bits per heavy atom. The van der Waals surface area contributed by atoms with Gasteiger partial charge in [0.1, 0.15) is 0 Å². The summed E-state index contributed by atoms with van der Waals surface area (Å²) in [4.78, 5) is 0. The van der Waals surface area contributed by atoms with Crippen molar-refractivity contribution >= 4 is 0 Å². The molecule has 3 heteroatoms. The highest BCUT2D eigenvalue weighted by atomic mass is 16.5. The minimum Gasteiger partial charge on any atom is -0.389 e. The smallest absolute Gasteiger partial charge is 0.0897 e. The zero-order chi connectivity index (χ0) is 12.9. The van der Waals surface area contributed by atoms with E-state index in [1.165, 1.54) is 19.3 Å². The number of hydrogen-bond donors (Lipinski definition) is 2. The molecule has 0 heterocycles. The molecule has 0 spiro atoms. The molecule has 1 saturated carbocycles. The highest BCUT2D eigenvalue weighted by molar-refractivity contribution is 4.86. The molecule has 0 amide bonds. The van der Waals surface area contributed by atoms with Gasteiger partial charge in [-0.2, -0.15) is 0 Å². The van der Waals surface area contributed by atoms with Crippen LogP contribution >= 0.6 is 0 Å². The van der Waals surface area contributed by atoms with Gasteiger partial charge >= 0.3 is 0 Å². The lowest BCUT2D eigenvalue weighted by Crippen LogP contribution is -2.36. The van der Waals surface area contributed by atoms with E-state index in [1.807, 2.05) is 0 Å². The molecule has 1 rings (SSSR count). The van der Waals surface area contributed by atoms with Gasteiger partial charge in [-0.3, -0.25) is 0 Å². The van der Waals surface area contributed by atoms with Crippen molar-refractivity contribution in [3.05, 3.63) is 0 Å². The third kappa shape index (κ3) is 6.39. The second-order valence-electron chi connectivity index (χ2n) is 6.60. The summed E-state index contributed by atoms with van der Waals surface area (Å²) in [5, 5.41) is 13.2. The molecule has 0 bridgehead atoms. The molecule has 17 heavy (non-hydrogen) atoms. The molecular weight excluding hydrogens is 214 g/mol. The Morgan fingerprint density at radius 3 is 2.59 bits per heavy atom. The van der Waals surface area contributed by atoms with Gasteiger partial charge in [-0.1, -0.05) is 27.7 Å². The Kier molecular flexibility index (Phi) is 5.90. The van der Waals surface area contributed by atoms with Crippen LogP contribution in [0.5, 0.6) is 0 Å². The van der Waals surface area contributed by atoms with E-state index < -0.39 is 0 Å². The van der Waals surface area contributed by atoms with Crippen molar-refractivity contribution in [2.75, 3.05) is 19.8 Å². The monoisotopic (exact) mass is 243 g/mol.